The zero-order chi connectivity index (χ0) is 12.4. The van der Waals surface area contributed by atoms with Gasteiger partial charge in [-0.15, -0.1) is 13.2 Å². The highest BCUT2D eigenvalue weighted by atomic mass is 28.4. The molecule has 16 heavy (non-hydrogen) atoms. The van der Waals surface area contributed by atoms with Crippen LogP contribution in [0, 0.1) is 0 Å². The molecule has 0 aliphatic carbocycles. The lowest BCUT2D eigenvalue weighted by Gasteiger charge is -2.31. The summed E-state index contributed by atoms with van der Waals surface area (Å²) >= 11 is 0. The van der Waals surface area contributed by atoms with E-state index in [1.54, 1.807) is 12.2 Å². The van der Waals surface area contributed by atoms with Crippen LogP contribution in [0.4, 0.5) is 0 Å². The van der Waals surface area contributed by atoms with Gasteiger partial charge in [0.05, 0.1) is 17.8 Å². The summed E-state index contributed by atoms with van der Waals surface area (Å²) < 4.78 is 17.9. The molecular weight excluding hydrogens is 220 g/mol. The molecule has 0 atom stereocenters. The Balaban J connectivity index is 2.89. The summed E-state index contributed by atoms with van der Waals surface area (Å²) in [5, 5.41) is 0. The lowest BCUT2D eigenvalue weighted by Crippen LogP contribution is -2.42. The van der Waals surface area contributed by atoms with E-state index in [9.17, 15) is 0 Å². The van der Waals surface area contributed by atoms with Gasteiger partial charge in [-0.3, -0.25) is 0 Å². The Bertz CT molecular complexity index is 268. The van der Waals surface area contributed by atoms with E-state index in [1.165, 1.54) is 0 Å². The van der Waals surface area contributed by atoms with E-state index >= 15 is 0 Å². The standard InChI is InChI=1S/C12H22O3Si/c1-7-9-13-16(10-8-2)14-11(3,4)12(5,6)15-16/h7-8H,1-2,9-10H2,3-6H3. The number of rotatable bonds is 5. The van der Waals surface area contributed by atoms with Crippen LogP contribution < -0.4 is 0 Å². The van der Waals surface area contributed by atoms with Gasteiger partial charge >= 0.3 is 8.80 Å². The Morgan fingerprint density at radius 2 is 1.56 bits per heavy atom. The van der Waals surface area contributed by atoms with Crippen LogP contribution in [0.5, 0.6) is 0 Å². The van der Waals surface area contributed by atoms with Crippen molar-refractivity contribution in [1.82, 2.24) is 0 Å². The fourth-order valence-corrected chi connectivity index (χ4v) is 4.82. The van der Waals surface area contributed by atoms with Crippen molar-refractivity contribution in [2.45, 2.75) is 44.9 Å². The Morgan fingerprint density at radius 3 is 1.94 bits per heavy atom. The molecule has 0 bridgehead atoms. The summed E-state index contributed by atoms with van der Waals surface area (Å²) in [6.07, 6.45) is 3.51. The van der Waals surface area contributed by atoms with Crippen LogP contribution in [0.1, 0.15) is 27.7 Å². The van der Waals surface area contributed by atoms with Crippen LogP contribution in [0.15, 0.2) is 25.3 Å². The first-order valence-electron chi connectivity index (χ1n) is 5.55. The SMILES string of the molecule is C=CCO[Si]1(CC=C)OC(C)(C)C(C)(C)O1. The van der Waals surface area contributed by atoms with Gasteiger partial charge in [0.15, 0.2) is 0 Å². The fourth-order valence-electron chi connectivity index (χ4n) is 1.61. The molecule has 1 aliphatic rings. The first-order valence-corrected chi connectivity index (χ1v) is 7.48. The second kappa shape index (κ2) is 4.45. The van der Waals surface area contributed by atoms with Crippen molar-refractivity contribution in [1.29, 1.82) is 0 Å². The van der Waals surface area contributed by atoms with Gasteiger partial charge in [-0.2, -0.15) is 0 Å². The highest BCUT2D eigenvalue weighted by Crippen LogP contribution is 2.43. The number of hydrogen-bond donors (Lipinski definition) is 0. The second-order valence-electron chi connectivity index (χ2n) is 5.00. The van der Waals surface area contributed by atoms with Gasteiger partial charge in [-0.1, -0.05) is 12.2 Å². The molecule has 0 amide bonds. The average molecular weight is 242 g/mol. The second-order valence-corrected chi connectivity index (χ2v) is 7.47. The minimum absolute atomic E-state index is 0.344. The summed E-state index contributed by atoms with van der Waals surface area (Å²) in [6, 6.07) is 0.633. The minimum Gasteiger partial charge on any atom is -0.369 e. The fraction of sp³-hybridized carbons (Fsp3) is 0.667. The predicted molar refractivity (Wildman–Crippen MR) is 67.2 cm³/mol. The average Bonchev–Trinajstić information content (AvgIpc) is 2.30. The first kappa shape index (κ1) is 13.6. The molecule has 0 radical (unpaired) electrons. The molecule has 3 nitrogen and oxygen atoms in total. The topological polar surface area (TPSA) is 27.7 Å². The van der Waals surface area contributed by atoms with Gasteiger partial charge in [-0.05, 0) is 27.7 Å². The van der Waals surface area contributed by atoms with Crippen LogP contribution >= 0.6 is 0 Å². The molecule has 0 aromatic carbocycles. The Kier molecular flexibility index (Phi) is 3.79. The third kappa shape index (κ3) is 2.45. The van der Waals surface area contributed by atoms with Crippen LogP contribution in [-0.2, 0) is 13.3 Å². The van der Waals surface area contributed by atoms with Crippen molar-refractivity contribution >= 4 is 8.80 Å². The van der Waals surface area contributed by atoms with Crippen LogP contribution in [0.2, 0.25) is 6.04 Å². The summed E-state index contributed by atoms with van der Waals surface area (Å²) in [7, 11) is -2.61. The molecule has 1 fully saturated rings. The molecule has 0 unspecified atom stereocenters. The smallest absolute Gasteiger partial charge is 0.369 e. The quantitative estimate of drug-likeness (QED) is 0.548. The lowest BCUT2D eigenvalue weighted by atomic mass is 9.90. The molecule has 1 saturated heterocycles. The molecular formula is C12H22O3Si. The van der Waals surface area contributed by atoms with Gasteiger partial charge in [0.1, 0.15) is 0 Å². The van der Waals surface area contributed by atoms with Crippen molar-refractivity contribution in [2.24, 2.45) is 0 Å². The summed E-state index contributed by atoms with van der Waals surface area (Å²) in [4.78, 5) is 0. The van der Waals surface area contributed by atoms with Crippen molar-refractivity contribution in [2.75, 3.05) is 6.61 Å². The number of allylic oxidation sites excluding steroid dienone is 1. The van der Waals surface area contributed by atoms with E-state index in [0.717, 1.165) is 0 Å². The Labute approximate surface area is 99.5 Å². The molecule has 0 N–H and O–H groups in total. The summed E-state index contributed by atoms with van der Waals surface area (Å²) in [5.41, 5.74) is -0.688. The third-order valence-corrected chi connectivity index (χ3v) is 6.12. The molecule has 1 heterocycles. The number of hydrogen-bond acceptors (Lipinski definition) is 3. The monoisotopic (exact) mass is 242 g/mol. The van der Waals surface area contributed by atoms with Crippen molar-refractivity contribution in [3.63, 3.8) is 0 Å². The maximum atomic E-state index is 6.07. The first-order chi connectivity index (χ1) is 7.29. The van der Waals surface area contributed by atoms with Crippen molar-refractivity contribution in [3.8, 4) is 0 Å². The predicted octanol–water partition coefficient (Wildman–Crippen LogP) is 2.92. The van der Waals surface area contributed by atoms with Crippen molar-refractivity contribution < 1.29 is 13.3 Å². The van der Waals surface area contributed by atoms with Gasteiger partial charge in [-0.25, -0.2) is 0 Å². The van der Waals surface area contributed by atoms with Gasteiger partial charge in [0, 0.05) is 6.04 Å². The van der Waals surface area contributed by atoms with E-state index in [2.05, 4.69) is 13.2 Å². The normalized spacial score (nSPS) is 25.2. The van der Waals surface area contributed by atoms with E-state index in [-0.39, 0.29) is 11.2 Å². The van der Waals surface area contributed by atoms with Gasteiger partial charge < -0.3 is 13.3 Å². The largest absolute Gasteiger partial charge is 0.506 e. The lowest BCUT2D eigenvalue weighted by molar-refractivity contribution is 0.00578. The maximum Gasteiger partial charge on any atom is 0.506 e. The maximum absolute atomic E-state index is 6.07. The van der Waals surface area contributed by atoms with Crippen LogP contribution in [0.25, 0.3) is 0 Å². The van der Waals surface area contributed by atoms with E-state index in [4.69, 9.17) is 13.3 Å². The van der Waals surface area contributed by atoms with E-state index < -0.39 is 8.80 Å². The molecule has 1 aliphatic heterocycles. The molecule has 0 aromatic heterocycles. The molecule has 92 valence electrons. The van der Waals surface area contributed by atoms with E-state index in [0.29, 0.717) is 12.7 Å². The van der Waals surface area contributed by atoms with E-state index in [1.807, 2.05) is 27.7 Å². The minimum atomic E-state index is -2.61. The molecule has 0 spiro atoms. The molecule has 0 saturated carbocycles. The Hall–Kier alpha value is -0.423. The zero-order valence-corrected chi connectivity index (χ0v) is 11.7. The zero-order valence-electron chi connectivity index (χ0n) is 10.7. The third-order valence-electron chi connectivity index (χ3n) is 3.09. The summed E-state index contributed by atoms with van der Waals surface area (Å²) in [6.45, 7) is 16.0. The summed E-state index contributed by atoms with van der Waals surface area (Å²) in [5.74, 6) is 0. The molecule has 1 rings (SSSR count). The highest BCUT2D eigenvalue weighted by molar-refractivity contribution is 6.62. The van der Waals surface area contributed by atoms with Crippen LogP contribution in [-0.4, -0.2) is 26.6 Å². The molecule has 0 aromatic rings. The highest BCUT2D eigenvalue weighted by Gasteiger charge is 2.60. The van der Waals surface area contributed by atoms with Gasteiger partial charge in [0.25, 0.3) is 0 Å². The Morgan fingerprint density at radius 1 is 1.06 bits per heavy atom. The molecule has 4 heteroatoms. The van der Waals surface area contributed by atoms with Crippen molar-refractivity contribution in [3.05, 3.63) is 25.3 Å². The van der Waals surface area contributed by atoms with Gasteiger partial charge in [0.2, 0.25) is 0 Å². The van der Waals surface area contributed by atoms with Crippen LogP contribution in [0.3, 0.4) is 0 Å².